The summed E-state index contributed by atoms with van der Waals surface area (Å²) in [5.74, 6) is -0.733. The Morgan fingerprint density at radius 2 is 2.07 bits per heavy atom. The fourth-order valence-electron chi connectivity index (χ4n) is 2.46. The molecule has 0 bridgehead atoms. The molecule has 0 aliphatic carbocycles. The Labute approximate surface area is 164 Å². The van der Waals surface area contributed by atoms with Gasteiger partial charge in [0.1, 0.15) is 0 Å². The lowest BCUT2D eigenvalue weighted by Gasteiger charge is -2.14. The number of thiophene rings is 2. The Balaban J connectivity index is 0.000000194. The van der Waals surface area contributed by atoms with E-state index in [2.05, 4.69) is 0 Å². The molecule has 0 spiro atoms. The molecule has 3 heterocycles. The number of ketones is 1. The van der Waals surface area contributed by atoms with Gasteiger partial charge in [-0.15, -0.1) is 22.7 Å². The summed E-state index contributed by atoms with van der Waals surface area (Å²) in [6.07, 6.45) is 1.93. The minimum atomic E-state index is -0.886. The summed E-state index contributed by atoms with van der Waals surface area (Å²) < 4.78 is 0. The third-order valence-corrected chi connectivity index (χ3v) is 5.64. The maximum atomic E-state index is 11.5. The number of aliphatic carboxylic acids is 1. The molecule has 1 aliphatic heterocycles. The lowest BCUT2D eigenvalue weighted by atomic mass is 10.1. The smallest absolute Gasteiger partial charge is 0.305 e. The Morgan fingerprint density at radius 3 is 2.70 bits per heavy atom. The van der Waals surface area contributed by atoms with Gasteiger partial charge in [-0.25, -0.2) is 0 Å². The number of amides is 2. The van der Waals surface area contributed by atoms with Gasteiger partial charge < -0.3 is 14.9 Å². The zero-order valence-electron chi connectivity index (χ0n) is 14.6. The van der Waals surface area contributed by atoms with Crippen LogP contribution in [0.4, 0.5) is 0 Å². The van der Waals surface area contributed by atoms with Crippen LogP contribution in [-0.4, -0.2) is 52.6 Å². The van der Waals surface area contributed by atoms with E-state index in [1.54, 1.807) is 27.6 Å². The normalized spacial score (nSPS) is 13.0. The van der Waals surface area contributed by atoms with Gasteiger partial charge in [-0.2, -0.15) is 0 Å². The molecule has 0 saturated carbocycles. The summed E-state index contributed by atoms with van der Waals surface area (Å²) >= 11 is 3.09. The Kier molecular flexibility index (Phi) is 8.15. The van der Waals surface area contributed by atoms with E-state index in [0.717, 1.165) is 21.7 Å². The summed E-state index contributed by atoms with van der Waals surface area (Å²) in [5.41, 5.74) is 0.800. The number of nitrogens with zero attached hydrogens (tertiary/aromatic N) is 2. The molecule has 27 heavy (non-hydrogen) atoms. The number of carbonyl (C=O) groups excluding carboxylic acids is 3. The van der Waals surface area contributed by atoms with Crippen LogP contribution in [0.3, 0.4) is 0 Å². The molecule has 9 heteroatoms. The second-order valence-corrected chi connectivity index (χ2v) is 7.84. The first kappa shape index (κ1) is 20.8. The highest BCUT2D eigenvalue weighted by molar-refractivity contribution is 7.10. The second-order valence-electron chi connectivity index (χ2n) is 5.81. The number of fused-ring (bicyclic) bond motifs is 1. The van der Waals surface area contributed by atoms with Gasteiger partial charge >= 0.3 is 5.97 Å². The van der Waals surface area contributed by atoms with Gasteiger partial charge in [0.25, 0.3) is 0 Å². The third-order valence-electron chi connectivity index (χ3n) is 3.87. The van der Waals surface area contributed by atoms with E-state index in [0.29, 0.717) is 32.5 Å². The lowest BCUT2D eigenvalue weighted by Crippen LogP contribution is -2.23. The Bertz CT molecular complexity index is 773. The molecule has 2 aromatic rings. The monoisotopic (exact) mass is 408 g/mol. The Morgan fingerprint density at radius 1 is 1.26 bits per heavy atom. The van der Waals surface area contributed by atoms with Crippen LogP contribution in [0.5, 0.6) is 0 Å². The van der Waals surface area contributed by atoms with Crippen molar-refractivity contribution in [3.8, 4) is 0 Å². The van der Waals surface area contributed by atoms with Crippen molar-refractivity contribution >= 4 is 47.2 Å². The minimum absolute atomic E-state index is 0.00981. The van der Waals surface area contributed by atoms with Gasteiger partial charge in [-0.1, -0.05) is 6.07 Å². The Hall–Kier alpha value is -2.52. The van der Waals surface area contributed by atoms with Crippen LogP contribution in [0, 0.1) is 0 Å². The van der Waals surface area contributed by atoms with E-state index in [1.807, 2.05) is 29.0 Å². The first-order chi connectivity index (χ1) is 13.0. The van der Waals surface area contributed by atoms with Crippen LogP contribution >= 0.6 is 22.7 Å². The molecule has 0 aromatic carbocycles. The maximum Gasteiger partial charge on any atom is 0.305 e. The molecule has 0 atom stereocenters. The van der Waals surface area contributed by atoms with Gasteiger partial charge in [-0.05, 0) is 22.9 Å². The molecule has 1 aliphatic rings. The molecule has 0 radical (unpaired) electrons. The zero-order chi connectivity index (χ0) is 19.6. The average molecular weight is 409 g/mol. The minimum Gasteiger partial charge on any atom is -0.481 e. The molecule has 2 amide bonds. The molecular formula is C18H20N2O5S2. The average Bonchev–Trinajstić information content (AvgIpc) is 3.31. The summed E-state index contributed by atoms with van der Waals surface area (Å²) in [7, 11) is 0. The molecule has 0 unspecified atom stereocenters. The SMILES string of the molecule is O=CN(CCC(=O)O)Cc1cccs1.O=CN1CCC(=O)c2ccsc2C1. The number of carbonyl (C=O) groups is 4. The van der Waals surface area contributed by atoms with Crippen molar-refractivity contribution < 1.29 is 24.3 Å². The van der Waals surface area contributed by atoms with Gasteiger partial charge in [0, 0.05) is 34.8 Å². The van der Waals surface area contributed by atoms with E-state index in [9.17, 15) is 19.2 Å². The fourth-order valence-corrected chi connectivity index (χ4v) is 4.10. The number of Topliss-reactive ketones (excluding diaryl/α,β-unsaturated/α-hetero) is 1. The largest absolute Gasteiger partial charge is 0.481 e. The number of carboxylic acid groups (broad SMARTS) is 1. The van der Waals surface area contributed by atoms with Gasteiger partial charge in [0.15, 0.2) is 5.78 Å². The van der Waals surface area contributed by atoms with Crippen LogP contribution in [-0.2, 0) is 27.5 Å². The quantitative estimate of drug-likeness (QED) is 0.710. The molecule has 1 N–H and O–H groups in total. The predicted octanol–water partition coefficient (Wildman–Crippen LogP) is 2.47. The maximum absolute atomic E-state index is 11.5. The highest BCUT2D eigenvalue weighted by Gasteiger charge is 2.19. The van der Waals surface area contributed by atoms with Crippen LogP contribution in [0.25, 0.3) is 0 Å². The van der Waals surface area contributed by atoms with Crippen molar-refractivity contribution in [1.29, 1.82) is 0 Å². The summed E-state index contributed by atoms with van der Waals surface area (Å²) in [6, 6.07) is 5.67. The van der Waals surface area contributed by atoms with Crippen molar-refractivity contribution in [2.45, 2.75) is 25.9 Å². The first-order valence-corrected chi connectivity index (χ1v) is 10.0. The number of rotatable bonds is 7. The van der Waals surface area contributed by atoms with Gasteiger partial charge in [0.05, 0.1) is 19.5 Å². The molecule has 2 aromatic heterocycles. The summed E-state index contributed by atoms with van der Waals surface area (Å²) in [5, 5.41) is 12.3. The summed E-state index contributed by atoms with van der Waals surface area (Å²) in [6.45, 7) is 1.89. The van der Waals surface area contributed by atoms with Crippen LogP contribution in [0.15, 0.2) is 29.0 Å². The van der Waals surface area contributed by atoms with E-state index < -0.39 is 5.97 Å². The lowest BCUT2D eigenvalue weighted by molar-refractivity contribution is -0.137. The van der Waals surface area contributed by atoms with Gasteiger partial charge in [-0.3, -0.25) is 19.2 Å². The van der Waals surface area contributed by atoms with Crippen LogP contribution in [0.1, 0.15) is 33.0 Å². The standard InChI is InChI=1S/C9H11NO3S.C9H9NO2S/c11-7-10(4-3-9(12)13)6-8-2-1-5-14-8;11-6-10-3-1-8(12)7-2-4-13-9(7)5-10/h1-2,5,7H,3-4,6H2,(H,12,13);2,4,6H,1,3,5H2. The number of carboxylic acids is 1. The highest BCUT2D eigenvalue weighted by Crippen LogP contribution is 2.22. The van der Waals surface area contributed by atoms with E-state index in [-0.39, 0.29) is 18.7 Å². The van der Waals surface area contributed by atoms with E-state index in [4.69, 9.17) is 5.11 Å². The first-order valence-electron chi connectivity index (χ1n) is 8.26. The molecule has 144 valence electrons. The van der Waals surface area contributed by atoms with Crippen molar-refractivity contribution in [2.75, 3.05) is 13.1 Å². The van der Waals surface area contributed by atoms with E-state index >= 15 is 0 Å². The number of hydrogen-bond donors (Lipinski definition) is 1. The fraction of sp³-hybridized carbons (Fsp3) is 0.333. The van der Waals surface area contributed by atoms with Crippen molar-refractivity contribution in [1.82, 2.24) is 9.80 Å². The van der Waals surface area contributed by atoms with E-state index in [1.165, 1.54) is 4.90 Å². The van der Waals surface area contributed by atoms with Crippen molar-refractivity contribution in [3.63, 3.8) is 0 Å². The highest BCUT2D eigenvalue weighted by atomic mass is 32.1. The van der Waals surface area contributed by atoms with Crippen LogP contribution < -0.4 is 0 Å². The molecule has 7 nitrogen and oxygen atoms in total. The summed E-state index contributed by atoms with van der Waals surface area (Å²) in [4.78, 5) is 48.1. The molecule has 0 fully saturated rings. The molecule has 3 rings (SSSR count). The second kappa shape index (κ2) is 10.6. The predicted molar refractivity (Wildman–Crippen MR) is 103 cm³/mol. The molecular weight excluding hydrogens is 388 g/mol. The topological polar surface area (TPSA) is 95.0 Å². The molecule has 0 saturated heterocycles. The third kappa shape index (κ3) is 6.61. The zero-order valence-corrected chi connectivity index (χ0v) is 16.2. The van der Waals surface area contributed by atoms with Crippen molar-refractivity contribution in [2.24, 2.45) is 0 Å². The number of hydrogen-bond acceptors (Lipinski definition) is 6. The van der Waals surface area contributed by atoms with Crippen molar-refractivity contribution in [3.05, 3.63) is 44.3 Å². The van der Waals surface area contributed by atoms with Crippen LogP contribution in [0.2, 0.25) is 0 Å². The van der Waals surface area contributed by atoms with Gasteiger partial charge in [0.2, 0.25) is 12.8 Å².